The van der Waals surface area contributed by atoms with Gasteiger partial charge in [0.05, 0.1) is 0 Å². The maximum absolute atomic E-state index is 11.8. The standard InChI is InChI=1S/C15H14ClN5O4/c16-10-3-1-9(2-4-10)14-19-13(25-20-14)5-6-17-11(22)7-21-8-12(23)18-15(21)24/h1-4H,5-8H2,(H,17,22)(H,18,23,24). The Kier molecular flexibility index (Phi) is 4.94. The Bertz CT molecular complexity index is 805. The van der Waals surface area contributed by atoms with Crippen molar-refractivity contribution in [1.82, 2.24) is 25.7 Å². The van der Waals surface area contributed by atoms with Gasteiger partial charge in [0.15, 0.2) is 0 Å². The number of halogens is 1. The highest BCUT2D eigenvalue weighted by molar-refractivity contribution is 6.30. The van der Waals surface area contributed by atoms with Crippen molar-refractivity contribution in [2.75, 3.05) is 19.6 Å². The third kappa shape index (κ3) is 4.32. The van der Waals surface area contributed by atoms with Crippen molar-refractivity contribution in [3.8, 4) is 11.4 Å². The van der Waals surface area contributed by atoms with Gasteiger partial charge in [-0.25, -0.2) is 4.79 Å². The predicted molar refractivity (Wildman–Crippen MR) is 86.6 cm³/mol. The lowest BCUT2D eigenvalue weighted by atomic mass is 10.2. The van der Waals surface area contributed by atoms with Crippen molar-refractivity contribution in [2.45, 2.75) is 6.42 Å². The molecule has 1 aromatic heterocycles. The Morgan fingerprint density at radius 1 is 1.32 bits per heavy atom. The number of carbonyl (C=O) groups excluding carboxylic acids is 3. The van der Waals surface area contributed by atoms with Crippen LogP contribution in [0.25, 0.3) is 11.4 Å². The summed E-state index contributed by atoms with van der Waals surface area (Å²) in [6.45, 7) is -0.0255. The molecule has 10 heteroatoms. The first-order valence-electron chi connectivity index (χ1n) is 7.45. The molecule has 2 heterocycles. The van der Waals surface area contributed by atoms with E-state index < -0.39 is 11.9 Å². The first-order valence-corrected chi connectivity index (χ1v) is 7.83. The van der Waals surface area contributed by atoms with Crippen LogP contribution in [0, 0.1) is 0 Å². The Balaban J connectivity index is 1.46. The van der Waals surface area contributed by atoms with Crippen molar-refractivity contribution in [3.05, 3.63) is 35.2 Å². The number of imide groups is 1. The summed E-state index contributed by atoms with van der Waals surface area (Å²) in [5, 5.41) is 9.22. The van der Waals surface area contributed by atoms with E-state index in [2.05, 4.69) is 20.8 Å². The van der Waals surface area contributed by atoms with Gasteiger partial charge in [-0.2, -0.15) is 4.98 Å². The van der Waals surface area contributed by atoms with Gasteiger partial charge in [-0.3, -0.25) is 14.9 Å². The number of benzene rings is 1. The van der Waals surface area contributed by atoms with E-state index in [0.717, 1.165) is 10.5 Å². The minimum Gasteiger partial charge on any atom is -0.354 e. The van der Waals surface area contributed by atoms with Crippen molar-refractivity contribution in [1.29, 1.82) is 0 Å². The van der Waals surface area contributed by atoms with Crippen LogP contribution in [-0.2, 0) is 16.0 Å². The molecule has 2 N–H and O–H groups in total. The van der Waals surface area contributed by atoms with E-state index in [1.165, 1.54) is 0 Å². The van der Waals surface area contributed by atoms with Gasteiger partial charge in [0.25, 0.3) is 0 Å². The fourth-order valence-electron chi connectivity index (χ4n) is 2.22. The summed E-state index contributed by atoms with van der Waals surface area (Å²) >= 11 is 5.83. The van der Waals surface area contributed by atoms with Gasteiger partial charge in [-0.15, -0.1) is 0 Å². The number of hydrogen-bond donors (Lipinski definition) is 2. The first-order chi connectivity index (χ1) is 12.0. The fraction of sp³-hybridized carbons (Fsp3) is 0.267. The van der Waals surface area contributed by atoms with E-state index >= 15 is 0 Å². The highest BCUT2D eigenvalue weighted by Gasteiger charge is 2.28. The Morgan fingerprint density at radius 2 is 2.08 bits per heavy atom. The molecule has 0 saturated carbocycles. The number of carbonyl (C=O) groups is 3. The average Bonchev–Trinajstić information content (AvgIpc) is 3.15. The lowest BCUT2D eigenvalue weighted by Crippen LogP contribution is -2.39. The van der Waals surface area contributed by atoms with Crippen LogP contribution in [0.3, 0.4) is 0 Å². The zero-order valence-electron chi connectivity index (χ0n) is 13.0. The zero-order valence-corrected chi connectivity index (χ0v) is 13.7. The third-order valence-electron chi connectivity index (χ3n) is 3.43. The van der Waals surface area contributed by atoms with Crippen LogP contribution in [0.15, 0.2) is 28.8 Å². The molecule has 0 radical (unpaired) electrons. The van der Waals surface area contributed by atoms with E-state index in [9.17, 15) is 14.4 Å². The molecular formula is C15H14ClN5O4. The van der Waals surface area contributed by atoms with Crippen LogP contribution in [-0.4, -0.2) is 52.5 Å². The lowest BCUT2D eigenvalue weighted by molar-refractivity contribution is -0.121. The molecule has 9 nitrogen and oxygen atoms in total. The zero-order chi connectivity index (χ0) is 17.8. The highest BCUT2D eigenvalue weighted by Crippen LogP contribution is 2.18. The first kappa shape index (κ1) is 16.9. The topological polar surface area (TPSA) is 117 Å². The molecule has 1 saturated heterocycles. The van der Waals surface area contributed by atoms with Crippen molar-refractivity contribution < 1.29 is 18.9 Å². The summed E-state index contributed by atoms with van der Waals surface area (Å²) in [7, 11) is 0. The maximum Gasteiger partial charge on any atom is 0.325 e. The molecule has 1 aliphatic rings. The molecule has 1 aliphatic heterocycles. The molecule has 0 unspecified atom stereocenters. The molecule has 2 aromatic rings. The van der Waals surface area contributed by atoms with E-state index in [-0.39, 0.29) is 25.5 Å². The van der Waals surface area contributed by atoms with Crippen molar-refractivity contribution in [3.63, 3.8) is 0 Å². The normalized spacial score (nSPS) is 13.9. The number of hydrogen-bond acceptors (Lipinski definition) is 6. The van der Waals surface area contributed by atoms with Crippen LogP contribution < -0.4 is 10.6 Å². The summed E-state index contributed by atoms with van der Waals surface area (Å²) in [6, 6.07) is 6.45. The number of amides is 4. The molecule has 25 heavy (non-hydrogen) atoms. The van der Waals surface area contributed by atoms with Gasteiger partial charge < -0.3 is 14.7 Å². The Hall–Kier alpha value is -2.94. The monoisotopic (exact) mass is 363 g/mol. The number of aromatic nitrogens is 2. The number of nitrogens with zero attached hydrogens (tertiary/aromatic N) is 3. The summed E-state index contributed by atoms with van der Waals surface area (Å²) in [5.74, 6) is 0.0188. The molecule has 130 valence electrons. The fourth-order valence-corrected chi connectivity index (χ4v) is 2.35. The van der Waals surface area contributed by atoms with E-state index in [1.807, 2.05) is 0 Å². The average molecular weight is 364 g/mol. The Morgan fingerprint density at radius 3 is 2.76 bits per heavy atom. The third-order valence-corrected chi connectivity index (χ3v) is 3.69. The van der Waals surface area contributed by atoms with Gasteiger partial charge >= 0.3 is 6.03 Å². The molecule has 4 amide bonds. The van der Waals surface area contributed by atoms with Crippen molar-refractivity contribution >= 4 is 29.4 Å². The summed E-state index contributed by atoms with van der Waals surface area (Å²) in [5.41, 5.74) is 0.771. The largest absolute Gasteiger partial charge is 0.354 e. The highest BCUT2D eigenvalue weighted by atomic mass is 35.5. The van der Waals surface area contributed by atoms with E-state index in [1.54, 1.807) is 24.3 Å². The van der Waals surface area contributed by atoms with Gasteiger partial charge in [0.1, 0.15) is 13.1 Å². The minimum absolute atomic E-state index is 0.111. The van der Waals surface area contributed by atoms with Crippen LogP contribution in [0.2, 0.25) is 5.02 Å². The quantitative estimate of drug-likeness (QED) is 0.726. The van der Waals surface area contributed by atoms with Crippen LogP contribution in [0.1, 0.15) is 5.89 Å². The molecule has 1 aromatic carbocycles. The number of nitrogens with one attached hydrogen (secondary N) is 2. The summed E-state index contributed by atoms with van der Waals surface area (Å²) < 4.78 is 5.13. The second-order valence-electron chi connectivity index (χ2n) is 5.33. The smallest absolute Gasteiger partial charge is 0.325 e. The second kappa shape index (κ2) is 7.31. The molecule has 1 fully saturated rings. The van der Waals surface area contributed by atoms with Gasteiger partial charge in [0.2, 0.25) is 23.5 Å². The van der Waals surface area contributed by atoms with Gasteiger partial charge in [0, 0.05) is 23.6 Å². The van der Waals surface area contributed by atoms with E-state index in [4.69, 9.17) is 16.1 Å². The summed E-state index contributed by atoms with van der Waals surface area (Å²) in [4.78, 5) is 39.5. The molecular weight excluding hydrogens is 350 g/mol. The number of rotatable bonds is 6. The van der Waals surface area contributed by atoms with E-state index in [0.29, 0.717) is 23.2 Å². The molecule has 0 spiro atoms. The van der Waals surface area contributed by atoms with Gasteiger partial charge in [-0.1, -0.05) is 16.8 Å². The van der Waals surface area contributed by atoms with Crippen LogP contribution in [0.5, 0.6) is 0 Å². The van der Waals surface area contributed by atoms with Gasteiger partial charge in [-0.05, 0) is 24.3 Å². The molecule has 0 aliphatic carbocycles. The minimum atomic E-state index is -0.565. The Labute approximate surface area is 147 Å². The SMILES string of the molecule is O=C(CN1CC(=O)NC1=O)NCCc1nc(-c2ccc(Cl)cc2)no1. The van der Waals surface area contributed by atoms with Crippen LogP contribution >= 0.6 is 11.6 Å². The van der Waals surface area contributed by atoms with Crippen LogP contribution in [0.4, 0.5) is 4.79 Å². The number of urea groups is 1. The predicted octanol–water partition coefficient (Wildman–Crippen LogP) is 0.600. The second-order valence-corrected chi connectivity index (χ2v) is 5.76. The molecule has 0 atom stereocenters. The lowest BCUT2D eigenvalue weighted by Gasteiger charge is -2.12. The summed E-state index contributed by atoms with van der Waals surface area (Å²) in [6.07, 6.45) is 0.345. The molecule has 0 bridgehead atoms. The molecule has 3 rings (SSSR count). The van der Waals surface area contributed by atoms with Crippen molar-refractivity contribution in [2.24, 2.45) is 0 Å². The maximum atomic E-state index is 11.8.